The van der Waals surface area contributed by atoms with Gasteiger partial charge in [-0.05, 0) is 50.2 Å². The van der Waals surface area contributed by atoms with Crippen LogP contribution in [0.1, 0.15) is 34.6 Å². The molecule has 0 fully saturated rings. The summed E-state index contributed by atoms with van der Waals surface area (Å²) < 4.78 is 0. The van der Waals surface area contributed by atoms with Crippen LogP contribution in [0.5, 0.6) is 0 Å². The smallest absolute Gasteiger partial charge is 0.413 e. The van der Waals surface area contributed by atoms with Crippen LogP contribution in [0.4, 0.5) is 17.1 Å². The van der Waals surface area contributed by atoms with E-state index in [1.807, 2.05) is 6.07 Å². The fraction of sp³-hybridized carbons (Fsp3) is 0.167. The van der Waals surface area contributed by atoms with Crippen molar-refractivity contribution in [3.63, 3.8) is 0 Å². The van der Waals surface area contributed by atoms with Gasteiger partial charge in [-0.1, -0.05) is 36.4 Å². The number of carbonyl (C=O) groups excluding carboxylic acids is 2. The molecule has 0 bridgehead atoms. The Labute approximate surface area is 198 Å². The first-order valence-electron chi connectivity index (χ1n) is 10.1. The van der Waals surface area contributed by atoms with Crippen LogP contribution in [0.25, 0.3) is 4.98 Å². The average molecular weight is 467 g/mol. The molecule has 9 heteroatoms. The maximum atomic E-state index is 13.0. The lowest BCUT2D eigenvalue weighted by Gasteiger charge is -2.23. The molecule has 0 aromatic heterocycles. The summed E-state index contributed by atoms with van der Waals surface area (Å²) in [5.41, 5.74) is 1.43. The second-order valence-corrected chi connectivity index (χ2v) is 6.54. The van der Waals surface area contributed by atoms with E-state index in [0.29, 0.717) is 16.8 Å². The van der Waals surface area contributed by atoms with Crippen LogP contribution in [0.3, 0.4) is 0 Å². The summed E-state index contributed by atoms with van der Waals surface area (Å²) in [7, 11) is 0. The van der Waals surface area contributed by atoms with E-state index in [9.17, 15) is 15.0 Å². The molecule has 0 saturated carbocycles. The van der Waals surface area contributed by atoms with Crippen molar-refractivity contribution in [1.82, 2.24) is 0 Å². The summed E-state index contributed by atoms with van der Waals surface area (Å²) in [6, 6.07) is 21.8. The summed E-state index contributed by atoms with van der Waals surface area (Å²) in [6.45, 7) is 3.95. The number of hydroxylamine groups is 2. The number of rotatable bonds is 8. The van der Waals surface area contributed by atoms with E-state index in [-0.39, 0.29) is 42.9 Å². The lowest BCUT2D eigenvalue weighted by Crippen LogP contribution is -3.00. The molecular formula is C24H23ClN4O4. The summed E-state index contributed by atoms with van der Waals surface area (Å²) in [6.07, 6.45) is 0. The summed E-state index contributed by atoms with van der Waals surface area (Å²) in [5, 5.41) is 11.9. The first-order valence-corrected chi connectivity index (χ1v) is 10.1. The largest absolute Gasteiger partial charge is 1.00 e. The van der Waals surface area contributed by atoms with Gasteiger partial charge in [-0.3, -0.25) is 19.3 Å². The minimum atomic E-state index is -0.424. The van der Waals surface area contributed by atoms with E-state index >= 15 is 0 Å². The van der Waals surface area contributed by atoms with E-state index in [0.717, 1.165) is 10.1 Å². The lowest BCUT2D eigenvalue weighted by atomic mass is 10.1. The number of anilines is 2. The fourth-order valence-electron chi connectivity index (χ4n) is 3.03. The second kappa shape index (κ2) is 12.3. The van der Waals surface area contributed by atoms with Gasteiger partial charge in [-0.2, -0.15) is 10.1 Å². The zero-order chi connectivity index (χ0) is 22.9. The van der Waals surface area contributed by atoms with Gasteiger partial charge in [0.2, 0.25) is 5.39 Å². The number of hydrogen-bond donors (Lipinski definition) is 0. The van der Waals surface area contributed by atoms with Crippen LogP contribution in [-0.4, -0.2) is 25.0 Å². The van der Waals surface area contributed by atoms with Crippen molar-refractivity contribution >= 4 is 28.9 Å². The molecule has 3 aromatic rings. The van der Waals surface area contributed by atoms with Crippen molar-refractivity contribution in [2.45, 2.75) is 13.8 Å². The van der Waals surface area contributed by atoms with E-state index in [1.54, 1.807) is 74.5 Å². The Balaban J connectivity index is 0.00000385. The Hall–Kier alpha value is -3.77. The van der Waals surface area contributed by atoms with Crippen molar-refractivity contribution in [3.8, 4) is 0 Å². The highest BCUT2D eigenvalue weighted by atomic mass is 35.5. The van der Waals surface area contributed by atoms with Crippen LogP contribution in [0, 0.1) is 5.39 Å². The van der Waals surface area contributed by atoms with Crippen molar-refractivity contribution < 1.29 is 31.7 Å². The molecule has 0 unspecified atom stereocenters. The lowest BCUT2D eigenvalue weighted by molar-refractivity contribution is -0.0000218. The van der Waals surface area contributed by atoms with Crippen LogP contribution >= 0.6 is 0 Å². The Morgan fingerprint density at radius 1 is 0.788 bits per heavy atom. The van der Waals surface area contributed by atoms with Crippen molar-refractivity contribution in [3.05, 3.63) is 95.0 Å². The minimum Gasteiger partial charge on any atom is -1.00 e. The van der Waals surface area contributed by atoms with Gasteiger partial charge in [0, 0.05) is 11.1 Å². The average Bonchev–Trinajstić information content (AvgIpc) is 2.86. The van der Waals surface area contributed by atoms with Gasteiger partial charge >= 0.3 is 5.69 Å². The molecule has 0 saturated heterocycles. The summed E-state index contributed by atoms with van der Waals surface area (Å²) in [4.78, 5) is 40.4. The minimum absolute atomic E-state index is 0. The quantitative estimate of drug-likeness (QED) is 0.376. The topological polar surface area (TPSA) is 87.2 Å². The third kappa shape index (κ3) is 5.93. The van der Waals surface area contributed by atoms with E-state index in [4.69, 9.17) is 9.68 Å². The highest BCUT2D eigenvalue weighted by Gasteiger charge is 2.29. The number of benzene rings is 3. The van der Waals surface area contributed by atoms with E-state index in [1.165, 1.54) is 12.1 Å². The first-order chi connectivity index (χ1) is 15.6. The molecule has 0 atom stereocenters. The number of diazo groups is 1. The zero-order valence-corrected chi connectivity index (χ0v) is 19.0. The molecule has 0 radical (unpaired) electrons. The monoisotopic (exact) mass is 466 g/mol. The molecule has 0 aliphatic heterocycles. The molecule has 0 aliphatic carbocycles. The summed E-state index contributed by atoms with van der Waals surface area (Å²) in [5.74, 6) is -0.807. The molecule has 0 spiro atoms. The van der Waals surface area contributed by atoms with Gasteiger partial charge < -0.3 is 12.4 Å². The van der Waals surface area contributed by atoms with Gasteiger partial charge in [-0.25, -0.2) is 0 Å². The van der Waals surface area contributed by atoms with Crippen LogP contribution in [-0.2, 0) is 9.68 Å². The molecule has 3 aromatic carbocycles. The van der Waals surface area contributed by atoms with Gasteiger partial charge in [0.15, 0.2) is 10.7 Å². The molecule has 170 valence electrons. The zero-order valence-electron chi connectivity index (χ0n) is 18.2. The first kappa shape index (κ1) is 25.5. The number of halogens is 1. The molecule has 0 heterocycles. The maximum Gasteiger partial charge on any atom is 0.413 e. The van der Waals surface area contributed by atoms with Crippen LogP contribution < -0.4 is 22.5 Å². The number of nitrogens with zero attached hydrogens (tertiary/aromatic N) is 4. The second-order valence-electron chi connectivity index (χ2n) is 6.54. The van der Waals surface area contributed by atoms with Gasteiger partial charge in [-0.15, -0.1) is 0 Å². The molecule has 2 amide bonds. The highest BCUT2D eigenvalue weighted by molar-refractivity contribution is 6.08. The molecular weight excluding hydrogens is 444 g/mol. The Bertz CT molecular complexity index is 1120. The van der Waals surface area contributed by atoms with Crippen molar-refractivity contribution in [1.29, 1.82) is 5.39 Å². The Morgan fingerprint density at radius 3 is 1.76 bits per heavy atom. The molecule has 33 heavy (non-hydrogen) atoms. The van der Waals surface area contributed by atoms with Crippen LogP contribution in [0.2, 0.25) is 0 Å². The molecule has 3 rings (SSSR count). The maximum absolute atomic E-state index is 13.0. The van der Waals surface area contributed by atoms with E-state index in [2.05, 4.69) is 4.98 Å². The Morgan fingerprint density at radius 2 is 1.27 bits per heavy atom. The number of amides is 2. The molecule has 0 aliphatic rings. The predicted molar refractivity (Wildman–Crippen MR) is 121 cm³/mol. The van der Waals surface area contributed by atoms with Crippen LogP contribution in [0.15, 0.2) is 78.9 Å². The number of hydrogen-bond acceptors (Lipinski definition) is 5. The van der Waals surface area contributed by atoms with Crippen molar-refractivity contribution in [2.75, 3.05) is 23.3 Å². The van der Waals surface area contributed by atoms with E-state index < -0.39 is 5.91 Å². The predicted octanol–water partition coefficient (Wildman–Crippen LogP) is 2.37. The molecule has 8 nitrogen and oxygen atoms in total. The normalized spacial score (nSPS) is 9.97. The number of carbonyl (C=O) groups is 2. The van der Waals surface area contributed by atoms with Gasteiger partial charge in [0.05, 0.1) is 25.0 Å². The third-order valence-electron chi connectivity index (χ3n) is 4.45. The highest BCUT2D eigenvalue weighted by Crippen LogP contribution is 2.35. The van der Waals surface area contributed by atoms with Crippen molar-refractivity contribution in [2.24, 2.45) is 0 Å². The third-order valence-corrected chi connectivity index (χ3v) is 4.45. The standard InChI is InChI=1S/C24H23N4O4.ClH/c1-3-31-27(23(29)18-11-7-5-8-12-18)20-15-16-22(21(17-20)26-25)28(32-4-2)24(30)19-13-9-6-10-14-19;/h5-17H,3-4H2,1-2H3;1H/q+1;/p-1. The SMILES string of the molecule is CCON(C(=O)c1ccccc1)c1ccc(N(OCC)C(=O)c2ccccc2)c([N+]#N)c1.[Cl-]. The summed E-state index contributed by atoms with van der Waals surface area (Å²) >= 11 is 0. The Kier molecular flexibility index (Phi) is 9.51. The fourth-order valence-corrected chi connectivity index (χ4v) is 3.03. The van der Waals surface area contributed by atoms with Gasteiger partial charge in [0.1, 0.15) is 0 Å². The van der Waals surface area contributed by atoms with Gasteiger partial charge in [0.25, 0.3) is 11.8 Å². The molecule has 0 N–H and O–H groups in total.